The normalized spacial score (nSPS) is 31.1. The van der Waals surface area contributed by atoms with Gasteiger partial charge in [0.05, 0.1) is 0 Å². The number of carboxylic acid groups (broad SMARTS) is 1. The van der Waals surface area contributed by atoms with Crippen molar-refractivity contribution in [1.29, 1.82) is 0 Å². The predicted molar refractivity (Wildman–Crippen MR) is 62.6 cm³/mol. The lowest BCUT2D eigenvalue weighted by atomic mass is 10.1. The first-order valence-corrected chi connectivity index (χ1v) is 6.24. The van der Waals surface area contributed by atoms with E-state index in [1.807, 2.05) is 0 Å². The minimum absolute atomic E-state index is 0.238. The van der Waals surface area contributed by atoms with Crippen molar-refractivity contribution in [2.45, 2.75) is 38.3 Å². The first-order chi connectivity index (χ1) is 8.00. The number of hydrogen-bond donors (Lipinski definition) is 1. The Morgan fingerprint density at radius 2 is 1.88 bits per heavy atom. The van der Waals surface area contributed by atoms with Gasteiger partial charge < -0.3 is 10.0 Å². The van der Waals surface area contributed by atoms with Crippen LogP contribution in [0.4, 0.5) is 0 Å². The molecule has 0 spiro atoms. The van der Waals surface area contributed by atoms with Gasteiger partial charge in [0.15, 0.2) is 0 Å². The molecular formula is C12H20N2O3. The molecule has 0 aromatic rings. The summed E-state index contributed by atoms with van der Waals surface area (Å²) in [5.41, 5.74) is 0. The van der Waals surface area contributed by atoms with Crippen LogP contribution in [0.15, 0.2) is 0 Å². The van der Waals surface area contributed by atoms with E-state index in [0.29, 0.717) is 25.2 Å². The Morgan fingerprint density at radius 3 is 2.53 bits per heavy atom. The first-order valence-electron chi connectivity index (χ1n) is 6.24. The average Bonchev–Trinajstić information content (AvgIpc) is 2.51. The summed E-state index contributed by atoms with van der Waals surface area (Å²) in [7, 11) is 2.11. The molecule has 0 aromatic heterocycles. The molecule has 5 nitrogen and oxygen atoms in total. The Labute approximate surface area is 101 Å². The van der Waals surface area contributed by atoms with E-state index in [4.69, 9.17) is 5.11 Å². The summed E-state index contributed by atoms with van der Waals surface area (Å²) in [4.78, 5) is 26.9. The predicted octanol–water partition coefficient (Wildman–Crippen LogP) is 0.402. The standard InChI is InChI=1S/C12H20N2O3/c1-8(12(16)17)11(15)14-6-5-9-3-4-10(7-14)13(9)2/h8-10H,3-7H2,1-2H3,(H,16,17). The van der Waals surface area contributed by atoms with Crippen molar-refractivity contribution in [2.24, 2.45) is 5.92 Å². The summed E-state index contributed by atoms with van der Waals surface area (Å²) in [6.07, 6.45) is 3.29. The number of amides is 1. The van der Waals surface area contributed by atoms with Gasteiger partial charge >= 0.3 is 5.97 Å². The molecule has 2 aliphatic heterocycles. The number of hydrogen-bond acceptors (Lipinski definition) is 3. The number of nitrogens with zero attached hydrogens (tertiary/aromatic N) is 2. The quantitative estimate of drug-likeness (QED) is 0.710. The lowest BCUT2D eigenvalue weighted by molar-refractivity contribution is -0.150. The van der Waals surface area contributed by atoms with Gasteiger partial charge in [-0.05, 0) is 33.2 Å². The lowest BCUT2D eigenvalue weighted by Gasteiger charge is -2.27. The fourth-order valence-electron chi connectivity index (χ4n) is 2.89. The second kappa shape index (κ2) is 4.64. The van der Waals surface area contributed by atoms with Crippen LogP contribution >= 0.6 is 0 Å². The average molecular weight is 240 g/mol. The highest BCUT2D eigenvalue weighted by Crippen LogP contribution is 2.28. The van der Waals surface area contributed by atoms with E-state index in [-0.39, 0.29) is 5.91 Å². The van der Waals surface area contributed by atoms with Crippen LogP contribution in [0.5, 0.6) is 0 Å². The van der Waals surface area contributed by atoms with Crippen LogP contribution in [0, 0.1) is 5.92 Å². The van der Waals surface area contributed by atoms with Crippen molar-refractivity contribution < 1.29 is 14.7 Å². The zero-order valence-electron chi connectivity index (χ0n) is 10.4. The van der Waals surface area contributed by atoms with Crippen LogP contribution in [0.2, 0.25) is 0 Å². The number of likely N-dealkylation sites (N-methyl/N-ethyl adjacent to an activating group) is 1. The smallest absolute Gasteiger partial charge is 0.315 e. The molecular weight excluding hydrogens is 220 g/mol. The van der Waals surface area contributed by atoms with E-state index in [9.17, 15) is 9.59 Å². The highest BCUT2D eigenvalue weighted by Gasteiger charge is 2.37. The van der Waals surface area contributed by atoms with Crippen LogP contribution in [0.25, 0.3) is 0 Å². The monoisotopic (exact) mass is 240 g/mol. The van der Waals surface area contributed by atoms with Crippen LogP contribution in [-0.4, -0.2) is 59.0 Å². The molecule has 3 atom stereocenters. The lowest BCUT2D eigenvalue weighted by Crippen LogP contribution is -2.43. The summed E-state index contributed by atoms with van der Waals surface area (Å²) in [5, 5.41) is 8.88. The molecule has 5 heteroatoms. The Kier molecular flexibility index (Phi) is 3.38. The van der Waals surface area contributed by atoms with Crippen molar-refractivity contribution >= 4 is 11.9 Å². The molecule has 96 valence electrons. The zero-order chi connectivity index (χ0) is 12.6. The molecule has 2 aliphatic rings. The van der Waals surface area contributed by atoms with Gasteiger partial charge in [-0.2, -0.15) is 0 Å². The van der Waals surface area contributed by atoms with Crippen LogP contribution in [-0.2, 0) is 9.59 Å². The summed E-state index contributed by atoms with van der Waals surface area (Å²) < 4.78 is 0. The Morgan fingerprint density at radius 1 is 1.24 bits per heavy atom. The topological polar surface area (TPSA) is 60.9 Å². The largest absolute Gasteiger partial charge is 0.481 e. The van der Waals surface area contributed by atoms with Crippen molar-refractivity contribution in [3.05, 3.63) is 0 Å². The van der Waals surface area contributed by atoms with Gasteiger partial charge in [-0.15, -0.1) is 0 Å². The fourth-order valence-corrected chi connectivity index (χ4v) is 2.89. The molecule has 0 aliphatic carbocycles. The Bertz CT molecular complexity index is 332. The Balaban J connectivity index is 2.04. The van der Waals surface area contributed by atoms with Gasteiger partial charge in [0.2, 0.25) is 5.91 Å². The third-order valence-corrected chi connectivity index (χ3v) is 4.20. The maximum absolute atomic E-state index is 12.0. The van der Waals surface area contributed by atoms with Crippen LogP contribution in [0.1, 0.15) is 26.2 Å². The zero-order valence-corrected chi connectivity index (χ0v) is 10.4. The van der Waals surface area contributed by atoms with Gasteiger partial charge in [0, 0.05) is 25.2 Å². The summed E-state index contributed by atoms with van der Waals surface area (Å²) in [6.45, 7) is 2.85. The minimum Gasteiger partial charge on any atom is -0.481 e. The van der Waals surface area contributed by atoms with E-state index in [0.717, 1.165) is 12.8 Å². The minimum atomic E-state index is -1.03. The molecule has 1 amide bonds. The molecule has 2 bridgehead atoms. The van der Waals surface area contributed by atoms with E-state index in [1.165, 1.54) is 13.3 Å². The molecule has 1 N–H and O–H groups in total. The van der Waals surface area contributed by atoms with E-state index in [2.05, 4.69) is 11.9 Å². The molecule has 17 heavy (non-hydrogen) atoms. The highest BCUT2D eigenvalue weighted by molar-refractivity contribution is 5.96. The second-order valence-electron chi connectivity index (χ2n) is 5.18. The number of carboxylic acids is 1. The number of rotatable bonds is 2. The molecule has 2 saturated heterocycles. The molecule has 2 fully saturated rings. The third kappa shape index (κ3) is 2.29. The van der Waals surface area contributed by atoms with Crippen molar-refractivity contribution in [3.8, 4) is 0 Å². The van der Waals surface area contributed by atoms with Gasteiger partial charge in [-0.3, -0.25) is 14.5 Å². The number of fused-ring (bicyclic) bond motifs is 2. The molecule has 3 unspecified atom stereocenters. The van der Waals surface area contributed by atoms with E-state index >= 15 is 0 Å². The number of carbonyl (C=O) groups excluding carboxylic acids is 1. The number of likely N-dealkylation sites (tertiary alicyclic amines) is 1. The second-order valence-corrected chi connectivity index (χ2v) is 5.18. The molecule has 0 saturated carbocycles. The maximum atomic E-state index is 12.0. The van der Waals surface area contributed by atoms with Crippen LogP contribution in [0.3, 0.4) is 0 Å². The van der Waals surface area contributed by atoms with Gasteiger partial charge in [0.25, 0.3) is 0 Å². The SMILES string of the molecule is CC(C(=O)O)C(=O)N1CCC2CCC(C1)N2C. The molecule has 0 radical (unpaired) electrons. The van der Waals surface area contributed by atoms with Crippen LogP contribution < -0.4 is 0 Å². The van der Waals surface area contributed by atoms with Crippen molar-refractivity contribution in [2.75, 3.05) is 20.1 Å². The fraction of sp³-hybridized carbons (Fsp3) is 0.833. The summed E-state index contributed by atoms with van der Waals surface area (Å²) in [5.74, 6) is -2.19. The third-order valence-electron chi connectivity index (χ3n) is 4.20. The first kappa shape index (κ1) is 12.4. The summed E-state index contributed by atoms with van der Waals surface area (Å²) >= 11 is 0. The van der Waals surface area contributed by atoms with Crippen molar-refractivity contribution in [3.63, 3.8) is 0 Å². The Hall–Kier alpha value is -1.10. The van der Waals surface area contributed by atoms with E-state index < -0.39 is 11.9 Å². The highest BCUT2D eigenvalue weighted by atomic mass is 16.4. The molecule has 2 rings (SSSR count). The summed E-state index contributed by atoms with van der Waals surface area (Å²) in [6, 6.07) is 0.977. The van der Waals surface area contributed by atoms with Gasteiger partial charge in [-0.1, -0.05) is 0 Å². The molecule has 2 heterocycles. The van der Waals surface area contributed by atoms with E-state index in [1.54, 1.807) is 4.90 Å². The number of carbonyl (C=O) groups is 2. The van der Waals surface area contributed by atoms with Gasteiger partial charge in [-0.25, -0.2) is 0 Å². The number of aliphatic carboxylic acids is 1. The van der Waals surface area contributed by atoms with Crippen molar-refractivity contribution in [1.82, 2.24) is 9.80 Å². The van der Waals surface area contributed by atoms with Gasteiger partial charge in [0.1, 0.15) is 5.92 Å². The molecule has 0 aromatic carbocycles. The maximum Gasteiger partial charge on any atom is 0.315 e.